The second-order valence-electron chi connectivity index (χ2n) is 5.26. The highest BCUT2D eigenvalue weighted by molar-refractivity contribution is 5.66. The number of likely N-dealkylation sites (tertiary alicyclic amines) is 1. The number of ether oxygens (including phenoxy) is 1. The van der Waals surface area contributed by atoms with Crippen LogP contribution in [-0.2, 0) is 9.53 Å². The zero-order chi connectivity index (χ0) is 12.7. The molecule has 0 amide bonds. The van der Waals surface area contributed by atoms with Crippen LogP contribution < -0.4 is 0 Å². The third-order valence-electron chi connectivity index (χ3n) is 3.39. The maximum atomic E-state index is 10.6. The summed E-state index contributed by atoms with van der Waals surface area (Å²) in [6.07, 6.45) is 3.52. The minimum absolute atomic E-state index is 0.312. The first-order valence-corrected chi connectivity index (χ1v) is 6.55. The molecule has 0 bridgehead atoms. The summed E-state index contributed by atoms with van der Waals surface area (Å²) in [4.78, 5) is 13.0. The molecule has 0 aromatic heterocycles. The third kappa shape index (κ3) is 6.03. The number of piperidine rings is 1. The van der Waals surface area contributed by atoms with Gasteiger partial charge >= 0.3 is 5.97 Å². The molecule has 2 unspecified atom stereocenters. The zero-order valence-electron chi connectivity index (χ0n) is 11.0. The van der Waals surface area contributed by atoms with Crippen molar-refractivity contribution in [2.24, 2.45) is 11.8 Å². The average Bonchev–Trinajstić information content (AvgIpc) is 2.27. The fourth-order valence-electron chi connectivity index (χ4n) is 2.66. The SMILES string of the molecule is COCC(C)CN1CCCC(CCC(=O)O)C1. The van der Waals surface area contributed by atoms with E-state index < -0.39 is 5.97 Å². The Hall–Kier alpha value is -0.610. The monoisotopic (exact) mass is 243 g/mol. The second-order valence-corrected chi connectivity index (χ2v) is 5.26. The Labute approximate surface area is 104 Å². The summed E-state index contributed by atoms with van der Waals surface area (Å²) in [7, 11) is 1.74. The number of methoxy groups -OCH3 is 1. The van der Waals surface area contributed by atoms with Gasteiger partial charge in [0.25, 0.3) is 0 Å². The van der Waals surface area contributed by atoms with E-state index >= 15 is 0 Å². The normalized spacial score (nSPS) is 23.5. The lowest BCUT2D eigenvalue weighted by Gasteiger charge is -2.34. The van der Waals surface area contributed by atoms with Crippen LogP contribution in [0.15, 0.2) is 0 Å². The van der Waals surface area contributed by atoms with E-state index in [1.165, 1.54) is 12.8 Å². The van der Waals surface area contributed by atoms with Gasteiger partial charge in [0, 0.05) is 33.2 Å². The van der Waals surface area contributed by atoms with Crippen LogP contribution in [0.1, 0.15) is 32.6 Å². The molecular formula is C13H25NO3. The van der Waals surface area contributed by atoms with Gasteiger partial charge in [0.2, 0.25) is 0 Å². The first-order chi connectivity index (χ1) is 8.11. The summed E-state index contributed by atoms with van der Waals surface area (Å²) in [5.41, 5.74) is 0. The molecule has 0 aliphatic carbocycles. The Balaban J connectivity index is 2.25. The van der Waals surface area contributed by atoms with E-state index in [0.717, 1.165) is 32.7 Å². The van der Waals surface area contributed by atoms with Gasteiger partial charge in [-0.25, -0.2) is 0 Å². The van der Waals surface area contributed by atoms with Gasteiger partial charge in [-0.15, -0.1) is 0 Å². The van der Waals surface area contributed by atoms with Gasteiger partial charge in [-0.1, -0.05) is 6.92 Å². The van der Waals surface area contributed by atoms with Crippen LogP contribution in [0.25, 0.3) is 0 Å². The lowest BCUT2D eigenvalue weighted by molar-refractivity contribution is -0.137. The van der Waals surface area contributed by atoms with E-state index in [1.807, 2.05) is 0 Å². The van der Waals surface area contributed by atoms with E-state index in [2.05, 4.69) is 11.8 Å². The minimum Gasteiger partial charge on any atom is -0.481 e. The summed E-state index contributed by atoms with van der Waals surface area (Å²) < 4.78 is 5.15. The van der Waals surface area contributed by atoms with Crippen molar-refractivity contribution in [3.05, 3.63) is 0 Å². The highest BCUT2D eigenvalue weighted by Gasteiger charge is 2.21. The molecule has 100 valence electrons. The average molecular weight is 243 g/mol. The van der Waals surface area contributed by atoms with E-state index in [1.54, 1.807) is 7.11 Å². The third-order valence-corrected chi connectivity index (χ3v) is 3.39. The smallest absolute Gasteiger partial charge is 0.303 e. The summed E-state index contributed by atoms with van der Waals surface area (Å²) in [5.74, 6) is 0.447. The quantitative estimate of drug-likeness (QED) is 0.741. The van der Waals surface area contributed by atoms with Crippen LogP contribution in [0.3, 0.4) is 0 Å². The van der Waals surface area contributed by atoms with E-state index in [-0.39, 0.29) is 0 Å². The number of carbonyl (C=O) groups is 1. The van der Waals surface area contributed by atoms with Crippen molar-refractivity contribution >= 4 is 5.97 Å². The standard InChI is InChI=1S/C13H25NO3/c1-11(10-17-2)8-14-7-3-4-12(9-14)5-6-13(15)16/h11-12H,3-10H2,1-2H3,(H,15,16). The molecule has 1 fully saturated rings. The molecule has 1 aliphatic heterocycles. The number of carboxylic acid groups (broad SMARTS) is 1. The maximum Gasteiger partial charge on any atom is 0.303 e. The molecule has 1 saturated heterocycles. The minimum atomic E-state index is -0.671. The summed E-state index contributed by atoms with van der Waals surface area (Å²) in [6.45, 7) is 6.27. The van der Waals surface area contributed by atoms with Crippen molar-refractivity contribution in [2.75, 3.05) is 33.4 Å². The Bertz CT molecular complexity index is 233. The fraction of sp³-hybridized carbons (Fsp3) is 0.923. The summed E-state index contributed by atoms with van der Waals surface area (Å²) in [5, 5.41) is 8.70. The van der Waals surface area contributed by atoms with Crippen LogP contribution in [0.2, 0.25) is 0 Å². The molecule has 0 spiro atoms. The zero-order valence-corrected chi connectivity index (χ0v) is 11.0. The van der Waals surface area contributed by atoms with E-state index in [9.17, 15) is 4.79 Å². The van der Waals surface area contributed by atoms with Gasteiger partial charge in [0.15, 0.2) is 0 Å². The molecule has 4 nitrogen and oxygen atoms in total. The highest BCUT2D eigenvalue weighted by Crippen LogP contribution is 2.21. The summed E-state index contributed by atoms with van der Waals surface area (Å²) >= 11 is 0. The van der Waals surface area contributed by atoms with Crippen molar-refractivity contribution < 1.29 is 14.6 Å². The van der Waals surface area contributed by atoms with Crippen molar-refractivity contribution in [3.8, 4) is 0 Å². The lowest BCUT2D eigenvalue weighted by atomic mass is 9.93. The molecule has 1 N–H and O–H groups in total. The molecular weight excluding hydrogens is 218 g/mol. The molecule has 0 aromatic carbocycles. The van der Waals surface area contributed by atoms with Gasteiger partial charge in [-0.3, -0.25) is 4.79 Å². The largest absolute Gasteiger partial charge is 0.481 e. The van der Waals surface area contributed by atoms with Gasteiger partial charge < -0.3 is 14.7 Å². The molecule has 2 atom stereocenters. The lowest BCUT2D eigenvalue weighted by Crippen LogP contribution is -2.39. The molecule has 1 heterocycles. The fourth-order valence-corrected chi connectivity index (χ4v) is 2.66. The van der Waals surface area contributed by atoms with Crippen LogP contribution >= 0.6 is 0 Å². The van der Waals surface area contributed by atoms with Gasteiger partial charge in [-0.05, 0) is 37.6 Å². The topological polar surface area (TPSA) is 49.8 Å². The number of hydrogen-bond acceptors (Lipinski definition) is 3. The number of rotatable bonds is 7. The molecule has 1 rings (SSSR count). The van der Waals surface area contributed by atoms with E-state index in [0.29, 0.717) is 18.3 Å². The highest BCUT2D eigenvalue weighted by atomic mass is 16.5. The Kier molecular flexibility index (Phi) is 6.52. The number of hydrogen-bond donors (Lipinski definition) is 1. The predicted molar refractivity (Wildman–Crippen MR) is 67.1 cm³/mol. The number of nitrogens with zero attached hydrogens (tertiary/aromatic N) is 1. The van der Waals surface area contributed by atoms with Crippen LogP contribution in [0.4, 0.5) is 0 Å². The van der Waals surface area contributed by atoms with Gasteiger partial charge in [-0.2, -0.15) is 0 Å². The Morgan fingerprint density at radius 1 is 1.59 bits per heavy atom. The molecule has 0 saturated carbocycles. The first kappa shape index (κ1) is 14.5. The molecule has 4 heteroatoms. The molecule has 1 aliphatic rings. The van der Waals surface area contributed by atoms with Crippen molar-refractivity contribution in [1.82, 2.24) is 4.90 Å². The first-order valence-electron chi connectivity index (χ1n) is 6.55. The number of aliphatic carboxylic acids is 1. The molecule has 0 aromatic rings. The van der Waals surface area contributed by atoms with E-state index in [4.69, 9.17) is 9.84 Å². The van der Waals surface area contributed by atoms with Crippen molar-refractivity contribution in [2.45, 2.75) is 32.6 Å². The van der Waals surface area contributed by atoms with Gasteiger partial charge in [0.05, 0.1) is 0 Å². The van der Waals surface area contributed by atoms with Gasteiger partial charge in [0.1, 0.15) is 0 Å². The second kappa shape index (κ2) is 7.67. The van der Waals surface area contributed by atoms with Crippen molar-refractivity contribution in [1.29, 1.82) is 0 Å². The summed E-state index contributed by atoms with van der Waals surface area (Å²) in [6, 6.07) is 0. The Morgan fingerprint density at radius 2 is 2.35 bits per heavy atom. The van der Waals surface area contributed by atoms with Crippen LogP contribution in [-0.4, -0.2) is 49.3 Å². The van der Waals surface area contributed by atoms with Crippen LogP contribution in [0.5, 0.6) is 0 Å². The maximum absolute atomic E-state index is 10.6. The Morgan fingerprint density at radius 3 is 3.00 bits per heavy atom. The number of carboxylic acids is 1. The molecule has 17 heavy (non-hydrogen) atoms. The van der Waals surface area contributed by atoms with Crippen molar-refractivity contribution in [3.63, 3.8) is 0 Å². The predicted octanol–water partition coefficient (Wildman–Crippen LogP) is 1.85. The van der Waals surface area contributed by atoms with Crippen LogP contribution in [0, 0.1) is 11.8 Å². The molecule has 0 radical (unpaired) electrons.